The molecule has 0 aliphatic rings. The summed E-state index contributed by atoms with van der Waals surface area (Å²) in [6, 6.07) is 12.4. The molecule has 2 aromatic carbocycles. The topological polar surface area (TPSA) is 63.4 Å². The normalized spacial score (nSPS) is 11.3. The van der Waals surface area contributed by atoms with Gasteiger partial charge in [0, 0.05) is 12.7 Å². The maximum absolute atomic E-state index is 13.7. The standard InChI is InChI=1S/C14H15FN2O2S/c1-17(14-9-5-3-7-12(14)15)20(18,19)10-11-6-2-4-8-13(11)16/h2-9H,10,16H2,1H3. The SMILES string of the molecule is CN(c1ccccc1F)S(=O)(=O)Cc1ccccc1N. The van der Waals surface area contributed by atoms with Gasteiger partial charge in [-0.05, 0) is 23.8 Å². The lowest BCUT2D eigenvalue weighted by molar-refractivity contribution is 0.589. The zero-order chi connectivity index (χ0) is 14.8. The van der Waals surface area contributed by atoms with Crippen molar-refractivity contribution in [1.29, 1.82) is 0 Å². The predicted octanol–water partition coefficient (Wildman–Crippen LogP) is 2.37. The first-order chi connectivity index (χ1) is 9.42. The van der Waals surface area contributed by atoms with Crippen LogP contribution in [0.25, 0.3) is 0 Å². The van der Waals surface area contributed by atoms with Crippen LogP contribution in [0.4, 0.5) is 15.8 Å². The first kappa shape index (κ1) is 14.3. The van der Waals surface area contributed by atoms with Crippen LogP contribution in [0, 0.1) is 5.82 Å². The summed E-state index contributed by atoms with van der Waals surface area (Å²) in [7, 11) is -2.37. The number of benzene rings is 2. The molecule has 0 spiro atoms. The Morgan fingerprint density at radius 2 is 1.70 bits per heavy atom. The summed E-state index contributed by atoms with van der Waals surface area (Å²) in [6.07, 6.45) is 0. The van der Waals surface area contributed by atoms with Crippen LogP contribution in [0.3, 0.4) is 0 Å². The Hall–Kier alpha value is -2.08. The maximum Gasteiger partial charge on any atom is 0.239 e. The number of hydrogen-bond donors (Lipinski definition) is 1. The van der Waals surface area contributed by atoms with Gasteiger partial charge in [-0.1, -0.05) is 30.3 Å². The highest BCUT2D eigenvalue weighted by Crippen LogP contribution is 2.23. The van der Waals surface area contributed by atoms with Crippen molar-refractivity contribution in [2.24, 2.45) is 0 Å². The molecule has 0 radical (unpaired) electrons. The van der Waals surface area contributed by atoms with Gasteiger partial charge in [0.1, 0.15) is 5.82 Å². The van der Waals surface area contributed by atoms with Gasteiger partial charge in [-0.25, -0.2) is 12.8 Å². The smallest absolute Gasteiger partial charge is 0.239 e. The zero-order valence-electron chi connectivity index (χ0n) is 11.0. The van der Waals surface area contributed by atoms with E-state index in [1.807, 2.05) is 0 Å². The van der Waals surface area contributed by atoms with Gasteiger partial charge < -0.3 is 5.73 Å². The predicted molar refractivity (Wildman–Crippen MR) is 78.3 cm³/mol. The van der Waals surface area contributed by atoms with Crippen LogP contribution in [-0.2, 0) is 15.8 Å². The number of para-hydroxylation sites is 2. The quantitative estimate of drug-likeness (QED) is 0.881. The molecule has 0 atom stereocenters. The first-order valence-corrected chi connectivity index (χ1v) is 7.57. The molecule has 0 saturated heterocycles. The molecule has 6 heteroatoms. The summed E-state index contributed by atoms with van der Waals surface area (Å²) in [5, 5.41) is 0. The summed E-state index contributed by atoms with van der Waals surface area (Å²) in [5.74, 6) is -0.857. The molecule has 0 heterocycles. The molecule has 0 amide bonds. The van der Waals surface area contributed by atoms with Gasteiger partial charge in [0.05, 0.1) is 11.4 Å². The van der Waals surface area contributed by atoms with Gasteiger partial charge in [-0.2, -0.15) is 0 Å². The van der Waals surface area contributed by atoms with Crippen LogP contribution in [0.2, 0.25) is 0 Å². The molecule has 0 saturated carbocycles. The molecule has 0 aliphatic heterocycles. The number of nitrogens with two attached hydrogens (primary N) is 1. The number of rotatable bonds is 4. The Labute approximate surface area is 117 Å². The van der Waals surface area contributed by atoms with E-state index in [9.17, 15) is 12.8 Å². The Bertz CT molecular complexity index is 717. The fourth-order valence-corrected chi connectivity index (χ4v) is 3.11. The number of hydrogen-bond acceptors (Lipinski definition) is 3. The highest BCUT2D eigenvalue weighted by Gasteiger charge is 2.22. The molecule has 0 aromatic heterocycles. The molecule has 106 valence electrons. The van der Waals surface area contributed by atoms with Crippen molar-refractivity contribution in [3.8, 4) is 0 Å². The van der Waals surface area contributed by atoms with Gasteiger partial charge in [0.2, 0.25) is 10.0 Å². The van der Waals surface area contributed by atoms with E-state index in [0.29, 0.717) is 11.3 Å². The largest absolute Gasteiger partial charge is 0.398 e. The third kappa shape index (κ3) is 2.91. The summed E-state index contributed by atoms with van der Waals surface area (Å²) >= 11 is 0. The molecule has 20 heavy (non-hydrogen) atoms. The van der Waals surface area contributed by atoms with Crippen LogP contribution in [0.15, 0.2) is 48.5 Å². The zero-order valence-corrected chi connectivity index (χ0v) is 11.8. The number of halogens is 1. The van der Waals surface area contributed by atoms with Crippen molar-refractivity contribution in [3.05, 3.63) is 59.9 Å². The van der Waals surface area contributed by atoms with E-state index in [1.165, 1.54) is 25.2 Å². The average Bonchev–Trinajstić information content (AvgIpc) is 2.41. The monoisotopic (exact) mass is 294 g/mol. The Balaban J connectivity index is 2.32. The fraction of sp³-hybridized carbons (Fsp3) is 0.143. The van der Waals surface area contributed by atoms with Crippen LogP contribution >= 0.6 is 0 Å². The second-order valence-electron chi connectivity index (χ2n) is 4.37. The summed E-state index contributed by atoms with van der Waals surface area (Å²) in [6.45, 7) is 0. The highest BCUT2D eigenvalue weighted by atomic mass is 32.2. The highest BCUT2D eigenvalue weighted by molar-refractivity contribution is 7.92. The lowest BCUT2D eigenvalue weighted by atomic mass is 10.2. The van der Waals surface area contributed by atoms with Crippen LogP contribution < -0.4 is 10.0 Å². The van der Waals surface area contributed by atoms with Crippen molar-refractivity contribution in [3.63, 3.8) is 0 Å². The Kier molecular flexibility index (Phi) is 3.94. The van der Waals surface area contributed by atoms with E-state index >= 15 is 0 Å². The van der Waals surface area contributed by atoms with E-state index < -0.39 is 15.8 Å². The van der Waals surface area contributed by atoms with Crippen LogP contribution in [-0.4, -0.2) is 15.5 Å². The van der Waals surface area contributed by atoms with Gasteiger partial charge in [0.25, 0.3) is 0 Å². The minimum atomic E-state index is -3.70. The molecule has 2 rings (SSSR count). The molecular weight excluding hydrogens is 279 g/mol. The van der Waals surface area contributed by atoms with Gasteiger partial charge in [-0.15, -0.1) is 0 Å². The van der Waals surface area contributed by atoms with Gasteiger partial charge in [-0.3, -0.25) is 4.31 Å². The number of nitrogen functional groups attached to an aromatic ring is 1. The van der Waals surface area contributed by atoms with E-state index in [1.54, 1.807) is 30.3 Å². The minimum absolute atomic E-state index is 0.0157. The van der Waals surface area contributed by atoms with Crippen molar-refractivity contribution >= 4 is 21.4 Å². The first-order valence-electron chi connectivity index (χ1n) is 5.96. The second-order valence-corrected chi connectivity index (χ2v) is 6.37. The van der Waals surface area contributed by atoms with E-state index in [2.05, 4.69) is 0 Å². The number of anilines is 2. The fourth-order valence-electron chi connectivity index (χ4n) is 1.82. The number of sulfonamides is 1. The van der Waals surface area contributed by atoms with E-state index in [0.717, 1.165) is 4.31 Å². The number of nitrogens with zero attached hydrogens (tertiary/aromatic N) is 1. The Morgan fingerprint density at radius 3 is 2.35 bits per heavy atom. The lowest BCUT2D eigenvalue weighted by Gasteiger charge is -2.20. The molecule has 0 bridgehead atoms. The van der Waals surface area contributed by atoms with Crippen molar-refractivity contribution in [1.82, 2.24) is 0 Å². The average molecular weight is 294 g/mol. The molecular formula is C14H15FN2O2S. The van der Waals surface area contributed by atoms with Crippen molar-refractivity contribution in [2.75, 3.05) is 17.1 Å². The Morgan fingerprint density at radius 1 is 1.10 bits per heavy atom. The summed E-state index contributed by atoms with van der Waals surface area (Å²) in [4.78, 5) is 0. The van der Waals surface area contributed by atoms with E-state index in [-0.39, 0.29) is 11.4 Å². The summed E-state index contributed by atoms with van der Waals surface area (Å²) in [5.41, 5.74) is 6.65. The molecule has 0 unspecified atom stereocenters. The molecule has 0 aliphatic carbocycles. The molecule has 0 fully saturated rings. The van der Waals surface area contributed by atoms with Crippen LogP contribution in [0.5, 0.6) is 0 Å². The second kappa shape index (κ2) is 5.50. The third-order valence-corrected chi connectivity index (χ3v) is 4.71. The minimum Gasteiger partial charge on any atom is -0.398 e. The van der Waals surface area contributed by atoms with Crippen molar-refractivity contribution < 1.29 is 12.8 Å². The van der Waals surface area contributed by atoms with Gasteiger partial charge >= 0.3 is 0 Å². The van der Waals surface area contributed by atoms with Gasteiger partial charge in [0.15, 0.2) is 0 Å². The summed E-state index contributed by atoms with van der Waals surface area (Å²) < 4.78 is 39.2. The third-order valence-electron chi connectivity index (χ3n) is 3.00. The molecule has 2 aromatic rings. The maximum atomic E-state index is 13.7. The molecule has 4 nitrogen and oxygen atoms in total. The van der Waals surface area contributed by atoms with Crippen LogP contribution in [0.1, 0.15) is 5.56 Å². The van der Waals surface area contributed by atoms with E-state index in [4.69, 9.17) is 5.73 Å². The molecule has 2 N–H and O–H groups in total. The van der Waals surface area contributed by atoms with Crippen molar-refractivity contribution in [2.45, 2.75) is 5.75 Å². The lowest BCUT2D eigenvalue weighted by Crippen LogP contribution is -2.28.